The molecule has 1 rings (SSSR count). The Bertz CT molecular complexity index is 555. The molecule has 1 aromatic heterocycles. The maximum atomic E-state index is 12.3. The Balaban J connectivity index is 3.09. The molecular weight excluding hydrogens is 268 g/mol. The highest BCUT2D eigenvalue weighted by molar-refractivity contribution is 7.89. The maximum absolute atomic E-state index is 12.3. The predicted octanol–water partition coefficient (Wildman–Crippen LogP) is 1.45. The number of hydrogen-bond acceptors (Lipinski definition) is 4. The lowest BCUT2D eigenvalue weighted by atomic mass is 10.1. The number of amides is 1. The van der Waals surface area contributed by atoms with E-state index in [4.69, 9.17) is 4.42 Å². The molecule has 0 aliphatic heterocycles. The fraction of sp³-hybridized carbons (Fsp3) is 0.583. The SMILES string of the molecule is CCN(C(=O)c1ccc(S(=O)(=O)NC)o1)C(C)(C)C. The van der Waals surface area contributed by atoms with E-state index in [2.05, 4.69) is 4.72 Å². The normalized spacial score (nSPS) is 12.5. The quantitative estimate of drug-likeness (QED) is 0.909. The number of nitrogens with zero attached hydrogens (tertiary/aromatic N) is 1. The van der Waals surface area contributed by atoms with E-state index in [1.54, 1.807) is 4.90 Å². The molecule has 0 aromatic carbocycles. The molecule has 1 aromatic rings. The van der Waals surface area contributed by atoms with Gasteiger partial charge in [-0.15, -0.1) is 0 Å². The molecule has 0 saturated heterocycles. The second kappa shape index (κ2) is 5.34. The molecule has 0 fully saturated rings. The second-order valence-corrected chi connectivity index (χ2v) is 6.86. The third-order valence-corrected chi connectivity index (χ3v) is 3.98. The van der Waals surface area contributed by atoms with Crippen LogP contribution in [0.1, 0.15) is 38.2 Å². The van der Waals surface area contributed by atoms with Crippen molar-refractivity contribution >= 4 is 15.9 Å². The molecule has 1 amide bonds. The van der Waals surface area contributed by atoms with Gasteiger partial charge in [0.25, 0.3) is 15.9 Å². The monoisotopic (exact) mass is 288 g/mol. The first-order chi connectivity index (χ1) is 8.63. The van der Waals surface area contributed by atoms with Gasteiger partial charge in [-0.3, -0.25) is 4.79 Å². The summed E-state index contributed by atoms with van der Waals surface area (Å²) >= 11 is 0. The van der Waals surface area contributed by atoms with Crippen molar-refractivity contribution in [3.05, 3.63) is 17.9 Å². The van der Waals surface area contributed by atoms with Crippen molar-refractivity contribution in [3.8, 4) is 0 Å². The minimum absolute atomic E-state index is 0.0191. The number of rotatable bonds is 4. The van der Waals surface area contributed by atoms with Crippen molar-refractivity contribution in [1.82, 2.24) is 9.62 Å². The Hall–Kier alpha value is -1.34. The lowest BCUT2D eigenvalue weighted by molar-refractivity contribution is 0.0560. The van der Waals surface area contributed by atoms with Crippen LogP contribution in [0.5, 0.6) is 0 Å². The first-order valence-corrected chi connectivity index (χ1v) is 7.47. The van der Waals surface area contributed by atoms with Gasteiger partial charge in [-0.25, -0.2) is 13.1 Å². The van der Waals surface area contributed by atoms with E-state index in [1.165, 1.54) is 19.2 Å². The van der Waals surface area contributed by atoms with Gasteiger partial charge in [0, 0.05) is 12.1 Å². The molecule has 0 aliphatic carbocycles. The first-order valence-electron chi connectivity index (χ1n) is 5.99. The van der Waals surface area contributed by atoms with Gasteiger partial charge in [0.05, 0.1) is 0 Å². The summed E-state index contributed by atoms with van der Waals surface area (Å²) in [4.78, 5) is 13.9. The van der Waals surface area contributed by atoms with Crippen LogP contribution in [-0.4, -0.2) is 38.4 Å². The smallest absolute Gasteiger partial charge is 0.290 e. The summed E-state index contributed by atoms with van der Waals surface area (Å²) in [5.74, 6) is -0.307. The molecule has 0 unspecified atom stereocenters. The van der Waals surface area contributed by atoms with E-state index in [0.29, 0.717) is 6.54 Å². The lowest BCUT2D eigenvalue weighted by Gasteiger charge is -2.34. The molecule has 0 aliphatic rings. The Morgan fingerprint density at radius 3 is 2.37 bits per heavy atom. The van der Waals surface area contributed by atoms with Gasteiger partial charge in [0.2, 0.25) is 5.09 Å². The van der Waals surface area contributed by atoms with E-state index in [-0.39, 0.29) is 22.3 Å². The molecule has 0 spiro atoms. The average Bonchev–Trinajstić information content (AvgIpc) is 2.77. The van der Waals surface area contributed by atoms with Gasteiger partial charge in [0.15, 0.2) is 5.76 Å². The van der Waals surface area contributed by atoms with Crippen molar-refractivity contribution in [3.63, 3.8) is 0 Å². The van der Waals surface area contributed by atoms with Crippen LogP contribution in [0.25, 0.3) is 0 Å². The third-order valence-electron chi connectivity index (χ3n) is 2.70. The zero-order chi connectivity index (χ0) is 14.8. The van der Waals surface area contributed by atoms with E-state index in [9.17, 15) is 13.2 Å². The van der Waals surface area contributed by atoms with Crippen LogP contribution >= 0.6 is 0 Å². The molecule has 0 atom stereocenters. The van der Waals surface area contributed by atoms with Gasteiger partial charge >= 0.3 is 0 Å². The first kappa shape index (κ1) is 15.7. The highest BCUT2D eigenvalue weighted by atomic mass is 32.2. The Kier molecular flexibility index (Phi) is 4.42. The van der Waals surface area contributed by atoms with Gasteiger partial charge in [-0.1, -0.05) is 0 Å². The topological polar surface area (TPSA) is 79.6 Å². The zero-order valence-electron chi connectivity index (χ0n) is 11.9. The molecule has 19 heavy (non-hydrogen) atoms. The molecule has 0 bridgehead atoms. The van der Waals surface area contributed by atoms with Crippen LogP contribution in [0, 0.1) is 0 Å². The Morgan fingerprint density at radius 2 is 1.95 bits per heavy atom. The molecule has 6 nitrogen and oxygen atoms in total. The summed E-state index contributed by atoms with van der Waals surface area (Å²) in [6.45, 7) is 8.09. The van der Waals surface area contributed by atoms with E-state index in [1.807, 2.05) is 27.7 Å². The molecule has 1 heterocycles. The molecular formula is C12H20N2O4S. The van der Waals surface area contributed by atoms with Gasteiger partial charge in [0.1, 0.15) is 0 Å². The number of carbonyl (C=O) groups is 1. The van der Waals surface area contributed by atoms with Crippen LogP contribution < -0.4 is 4.72 Å². The summed E-state index contributed by atoms with van der Waals surface area (Å²) in [5, 5.41) is -0.261. The minimum atomic E-state index is -3.67. The fourth-order valence-corrected chi connectivity index (χ4v) is 2.38. The zero-order valence-corrected chi connectivity index (χ0v) is 12.7. The van der Waals surface area contributed by atoms with Gasteiger partial charge in [-0.2, -0.15) is 0 Å². The molecule has 7 heteroatoms. The molecule has 108 valence electrons. The Morgan fingerprint density at radius 1 is 1.37 bits per heavy atom. The molecule has 1 N–H and O–H groups in total. The number of furan rings is 1. The van der Waals surface area contributed by atoms with Crippen molar-refractivity contribution in [2.24, 2.45) is 0 Å². The van der Waals surface area contributed by atoms with Crippen LogP contribution in [0.2, 0.25) is 0 Å². The van der Waals surface area contributed by atoms with Crippen LogP contribution in [-0.2, 0) is 10.0 Å². The van der Waals surface area contributed by atoms with Crippen LogP contribution in [0.4, 0.5) is 0 Å². The largest absolute Gasteiger partial charge is 0.438 e. The van der Waals surface area contributed by atoms with Gasteiger partial charge in [-0.05, 0) is 46.9 Å². The van der Waals surface area contributed by atoms with Crippen LogP contribution in [0.3, 0.4) is 0 Å². The predicted molar refractivity (Wildman–Crippen MR) is 71.4 cm³/mol. The summed E-state index contributed by atoms with van der Waals surface area (Å²) in [5.41, 5.74) is -0.360. The van der Waals surface area contributed by atoms with E-state index >= 15 is 0 Å². The Labute approximate surface area is 113 Å². The molecule has 0 radical (unpaired) electrons. The van der Waals surface area contributed by atoms with E-state index < -0.39 is 10.0 Å². The van der Waals surface area contributed by atoms with Gasteiger partial charge < -0.3 is 9.32 Å². The van der Waals surface area contributed by atoms with Crippen molar-refractivity contribution < 1.29 is 17.6 Å². The van der Waals surface area contributed by atoms with Crippen molar-refractivity contribution in [2.75, 3.05) is 13.6 Å². The highest BCUT2D eigenvalue weighted by Crippen LogP contribution is 2.20. The highest BCUT2D eigenvalue weighted by Gasteiger charge is 2.29. The maximum Gasteiger partial charge on any atom is 0.290 e. The van der Waals surface area contributed by atoms with Crippen LogP contribution in [0.15, 0.2) is 21.6 Å². The lowest BCUT2D eigenvalue weighted by Crippen LogP contribution is -2.45. The fourth-order valence-electron chi connectivity index (χ4n) is 1.74. The second-order valence-electron chi connectivity index (χ2n) is 5.05. The van der Waals surface area contributed by atoms with E-state index in [0.717, 1.165) is 0 Å². The summed E-state index contributed by atoms with van der Waals surface area (Å²) in [7, 11) is -2.38. The van der Waals surface area contributed by atoms with Crippen molar-refractivity contribution in [1.29, 1.82) is 0 Å². The molecule has 0 saturated carbocycles. The number of sulfonamides is 1. The number of hydrogen-bond donors (Lipinski definition) is 1. The standard InChI is InChI=1S/C12H20N2O4S/c1-6-14(12(2,3)4)11(15)9-7-8-10(18-9)19(16,17)13-5/h7-8,13H,6H2,1-5H3. The number of nitrogens with one attached hydrogen (secondary N) is 1. The summed E-state index contributed by atoms with van der Waals surface area (Å²) < 4.78 is 30.4. The average molecular weight is 288 g/mol. The summed E-state index contributed by atoms with van der Waals surface area (Å²) in [6.07, 6.45) is 0. The minimum Gasteiger partial charge on any atom is -0.438 e. The van der Waals surface area contributed by atoms with Crippen molar-refractivity contribution in [2.45, 2.75) is 38.3 Å². The summed E-state index contributed by atoms with van der Waals surface area (Å²) in [6, 6.07) is 2.65. The number of carbonyl (C=O) groups excluding carboxylic acids is 1. The third kappa shape index (κ3) is 3.36.